The molecule has 96 valence electrons. The highest BCUT2D eigenvalue weighted by atomic mass is 32.2. The standard InChI is InChI=1S/C13H17N3OS/c1-3-8-16-11-7-5-4-6-10(11)14-13(16)15-12(17)9-18-2/h4-7H,3,8-9H2,1-2H3,(H,14,15,17). The topological polar surface area (TPSA) is 46.9 Å². The Bertz CT molecular complexity index is 550. The average molecular weight is 263 g/mol. The molecule has 0 saturated heterocycles. The Labute approximate surface area is 111 Å². The Morgan fingerprint density at radius 1 is 1.44 bits per heavy atom. The fourth-order valence-electron chi connectivity index (χ4n) is 1.91. The molecule has 0 aliphatic rings. The van der Waals surface area contributed by atoms with Gasteiger partial charge >= 0.3 is 0 Å². The summed E-state index contributed by atoms with van der Waals surface area (Å²) in [5.41, 5.74) is 1.99. The van der Waals surface area contributed by atoms with Crippen molar-refractivity contribution in [3.05, 3.63) is 24.3 Å². The highest BCUT2D eigenvalue weighted by molar-refractivity contribution is 7.99. The Kier molecular flexibility index (Phi) is 4.25. The first-order chi connectivity index (χ1) is 8.76. The summed E-state index contributed by atoms with van der Waals surface area (Å²) < 4.78 is 2.06. The molecule has 0 bridgehead atoms. The van der Waals surface area contributed by atoms with Crippen molar-refractivity contribution in [2.45, 2.75) is 19.9 Å². The van der Waals surface area contributed by atoms with Crippen LogP contribution in [0.3, 0.4) is 0 Å². The van der Waals surface area contributed by atoms with E-state index in [1.807, 2.05) is 30.5 Å². The number of nitrogens with zero attached hydrogens (tertiary/aromatic N) is 2. The van der Waals surface area contributed by atoms with Crippen LogP contribution in [-0.4, -0.2) is 27.5 Å². The van der Waals surface area contributed by atoms with E-state index < -0.39 is 0 Å². The van der Waals surface area contributed by atoms with Gasteiger partial charge in [-0.3, -0.25) is 10.1 Å². The van der Waals surface area contributed by atoms with Gasteiger partial charge in [-0.1, -0.05) is 19.1 Å². The minimum atomic E-state index is -0.00448. The number of carbonyl (C=O) groups excluding carboxylic acids is 1. The van der Waals surface area contributed by atoms with Gasteiger partial charge in [-0.25, -0.2) is 4.98 Å². The van der Waals surface area contributed by atoms with E-state index in [0.29, 0.717) is 11.7 Å². The van der Waals surface area contributed by atoms with E-state index in [4.69, 9.17) is 0 Å². The predicted octanol–water partition coefficient (Wildman–Crippen LogP) is 2.75. The van der Waals surface area contributed by atoms with Gasteiger partial charge in [0.15, 0.2) is 0 Å². The van der Waals surface area contributed by atoms with Gasteiger partial charge in [-0.05, 0) is 24.8 Å². The summed E-state index contributed by atoms with van der Waals surface area (Å²) in [5.74, 6) is 1.10. The Morgan fingerprint density at radius 3 is 2.94 bits per heavy atom. The number of para-hydroxylation sites is 2. The number of thioether (sulfide) groups is 1. The number of rotatable bonds is 5. The zero-order chi connectivity index (χ0) is 13.0. The van der Waals surface area contributed by atoms with Gasteiger partial charge in [-0.15, -0.1) is 0 Å². The van der Waals surface area contributed by atoms with Gasteiger partial charge in [0, 0.05) is 6.54 Å². The number of aryl methyl sites for hydroxylation is 1. The molecule has 5 heteroatoms. The molecule has 1 amide bonds. The van der Waals surface area contributed by atoms with Crippen molar-refractivity contribution in [3.63, 3.8) is 0 Å². The van der Waals surface area contributed by atoms with E-state index >= 15 is 0 Å². The summed E-state index contributed by atoms with van der Waals surface area (Å²) in [5, 5.41) is 2.88. The van der Waals surface area contributed by atoms with E-state index in [1.165, 1.54) is 11.8 Å². The van der Waals surface area contributed by atoms with Crippen LogP contribution in [0.5, 0.6) is 0 Å². The van der Waals surface area contributed by atoms with E-state index in [-0.39, 0.29) is 5.91 Å². The third-order valence-corrected chi connectivity index (χ3v) is 3.18. The summed E-state index contributed by atoms with van der Waals surface area (Å²) in [6.07, 6.45) is 2.92. The molecule has 18 heavy (non-hydrogen) atoms. The number of hydrogen-bond acceptors (Lipinski definition) is 3. The Balaban J connectivity index is 2.36. The van der Waals surface area contributed by atoms with Crippen molar-refractivity contribution in [3.8, 4) is 0 Å². The maximum atomic E-state index is 11.7. The number of carbonyl (C=O) groups is 1. The molecule has 0 aliphatic carbocycles. The molecule has 0 atom stereocenters. The zero-order valence-corrected chi connectivity index (χ0v) is 11.5. The third-order valence-electron chi connectivity index (χ3n) is 2.63. The first kappa shape index (κ1) is 13.0. The number of anilines is 1. The quantitative estimate of drug-likeness (QED) is 0.902. The molecular formula is C13H17N3OS. The SMILES string of the molecule is CCCn1c(NC(=O)CSC)nc2ccccc21. The molecule has 1 heterocycles. The van der Waals surface area contributed by atoms with Crippen LogP contribution in [0.2, 0.25) is 0 Å². The fraction of sp³-hybridized carbons (Fsp3) is 0.385. The number of amides is 1. The second-order valence-electron chi connectivity index (χ2n) is 4.06. The molecule has 2 aromatic rings. The lowest BCUT2D eigenvalue weighted by molar-refractivity contribution is -0.113. The summed E-state index contributed by atoms with van der Waals surface area (Å²) in [6.45, 7) is 2.97. The van der Waals surface area contributed by atoms with Crippen LogP contribution in [0.1, 0.15) is 13.3 Å². The molecule has 0 spiro atoms. The van der Waals surface area contributed by atoms with Crippen molar-refractivity contribution in [1.82, 2.24) is 9.55 Å². The number of hydrogen-bond donors (Lipinski definition) is 1. The third kappa shape index (κ3) is 2.67. The van der Waals surface area contributed by atoms with Gasteiger partial charge in [-0.2, -0.15) is 11.8 Å². The average Bonchev–Trinajstić information content (AvgIpc) is 2.68. The van der Waals surface area contributed by atoms with Crippen molar-refractivity contribution in [2.75, 3.05) is 17.3 Å². The molecule has 0 fully saturated rings. The number of fused-ring (bicyclic) bond motifs is 1. The highest BCUT2D eigenvalue weighted by Gasteiger charge is 2.11. The molecule has 0 unspecified atom stereocenters. The van der Waals surface area contributed by atoms with Gasteiger partial charge < -0.3 is 4.57 Å². The molecule has 1 aromatic heterocycles. The monoisotopic (exact) mass is 263 g/mol. The maximum absolute atomic E-state index is 11.7. The molecule has 1 aromatic carbocycles. The maximum Gasteiger partial charge on any atom is 0.236 e. The van der Waals surface area contributed by atoms with Crippen LogP contribution < -0.4 is 5.32 Å². The van der Waals surface area contributed by atoms with Crippen molar-refractivity contribution < 1.29 is 4.79 Å². The van der Waals surface area contributed by atoms with Crippen molar-refractivity contribution >= 4 is 34.7 Å². The molecule has 1 N–H and O–H groups in total. The second kappa shape index (κ2) is 5.91. The second-order valence-corrected chi connectivity index (χ2v) is 4.92. The van der Waals surface area contributed by atoms with Crippen molar-refractivity contribution in [2.24, 2.45) is 0 Å². The largest absolute Gasteiger partial charge is 0.310 e. The van der Waals surface area contributed by atoms with Gasteiger partial charge in [0.05, 0.1) is 16.8 Å². The van der Waals surface area contributed by atoms with Gasteiger partial charge in [0.2, 0.25) is 11.9 Å². The van der Waals surface area contributed by atoms with E-state index in [0.717, 1.165) is 24.0 Å². The fourth-order valence-corrected chi connectivity index (χ4v) is 2.25. The Morgan fingerprint density at radius 2 is 2.22 bits per heavy atom. The summed E-state index contributed by atoms with van der Waals surface area (Å²) in [6, 6.07) is 7.94. The lowest BCUT2D eigenvalue weighted by Gasteiger charge is -2.08. The predicted molar refractivity (Wildman–Crippen MR) is 77.0 cm³/mol. The van der Waals surface area contributed by atoms with Crippen LogP contribution >= 0.6 is 11.8 Å². The van der Waals surface area contributed by atoms with Gasteiger partial charge in [0.1, 0.15) is 0 Å². The van der Waals surface area contributed by atoms with E-state index in [1.54, 1.807) is 0 Å². The normalized spacial score (nSPS) is 10.8. The number of imidazole rings is 1. The summed E-state index contributed by atoms with van der Waals surface area (Å²) in [4.78, 5) is 16.1. The lowest BCUT2D eigenvalue weighted by Crippen LogP contribution is -2.17. The molecule has 0 aliphatic heterocycles. The highest BCUT2D eigenvalue weighted by Crippen LogP contribution is 2.20. The smallest absolute Gasteiger partial charge is 0.236 e. The van der Waals surface area contributed by atoms with E-state index in [2.05, 4.69) is 21.8 Å². The van der Waals surface area contributed by atoms with Crippen LogP contribution in [0.15, 0.2) is 24.3 Å². The first-order valence-electron chi connectivity index (χ1n) is 6.00. The zero-order valence-electron chi connectivity index (χ0n) is 10.6. The molecule has 2 rings (SSSR count). The minimum Gasteiger partial charge on any atom is -0.310 e. The van der Waals surface area contributed by atoms with Crippen LogP contribution in [-0.2, 0) is 11.3 Å². The molecule has 0 radical (unpaired) electrons. The number of benzene rings is 1. The molecule has 0 saturated carbocycles. The van der Waals surface area contributed by atoms with E-state index in [9.17, 15) is 4.79 Å². The van der Waals surface area contributed by atoms with Crippen molar-refractivity contribution in [1.29, 1.82) is 0 Å². The number of nitrogens with one attached hydrogen (secondary N) is 1. The van der Waals surface area contributed by atoms with Crippen LogP contribution in [0.25, 0.3) is 11.0 Å². The summed E-state index contributed by atoms with van der Waals surface area (Å²) >= 11 is 1.51. The van der Waals surface area contributed by atoms with Crippen LogP contribution in [0, 0.1) is 0 Å². The minimum absolute atomic E-state index is 0.00448. The van der Waals surface area contributed by atoms with Crippen LogP contribution in [0.4, 0.5) is 5.95 Å². The Hall–Kier alpha value is -1.49. The summed E-state index contributed by atoms with van der Waals surface area (Å²) in [7, 11) is 0. The molecular weight excluding hydrogens is 246 g/mol. The van der Waals surface area contributed by atoms with Gasteiger partial charge in [0.25, 0.3) is 0 Å². The molecule has 4 nitrogen and oxygen atoms in total. The first-order valence-corrected chi connectivity index (χ1v) is 7.39. The lowest BCUT2D eigenvalue weighted by atomic mass is 10.3. The number of aromatic nitrogens is 2.